The molecule has 2 aliphatic heterocycles. The van der Waals surface area contributed by atoms with Gasteiger partial charge in [0.25, 0.3) is 5.91 Å². The van der Waals surface area contributed by atoms with Crippen LogP contribution in [0.2, 0.25) is 0 Å². The van der Waals surface area contributed by atoms with Gasteiger partial charge < -0.3 is 24.8 Å². The zero-order valence-electron chi connectivity index (χ0n) is 17.5. The molecule has 0 bridgehead atoms. The van der Waals surface area contributed by atoms with E-state index in [1.165, 1.54) is 25.0 Å². The highest BCUT2D eigenvalue weighted by molar-refractivity contribution is 6.07. The van der Waals surface area contributed by atoms with Crippen molar-refractivity contribution < 1.29 is 24.2 Å². The minimum absolute atomic E-state index is 0.0339. The lowest BCUT2D eigenvalue weighted by Crippen LogP contribution is -2.48. The molecular weight excluding hydrogens is 396 g/mol. The molecule has 3 aliphatic rings. The maximum Gasteiger partial charge on any atom is 0.253 e. The fraction of sp³-hybridized carbons (Fsp3) is 0.417. The van der Waals surface area contributed by atoms with Crippen LogP contribution < -0.4 is 14.8 Å². The van der Waals surface area contributed by atoms with Crippen molar-refractivity contribution in [3.8, 4) is 17.2 Å². The number of anilines is 1. The molecule has 1 spiro atoms. The molecule has 0 atom stereocenters. The number of methoxy groups -OCH3 is 1. The maximum absolute atomic E-state index is 13.1. The molecule has 2 amide bonds. The number of aromatic hydroxyl groups is 1. The van der Waals surface area contributed by atoms with E-state index in [1.807, 2.05) is 12.1 Å². The number of hydrogen-bond donors (Lipinski definition) is 2. The van der Waals surface area contributed by atoms with Gasteiger partial charge in [0.2, 0.25) is 5.91 Å². The summed E-state index contributed by atoms with van der Waals surface area (Å²) in [6, 6.07) is 10.1. The Hall–Kier alpha value is -3.22. The zero-order chi connectivity index (χ0) is 21.6. The van der Waals surface area contributed by atoms with Gasteiger partial charge in [-0.1, -0.05) is 6.07 Å². The highest BCUT2D eigenvalue weighted by atomic mass is 16.5. The summed E-state index contributed by atoms with van der Waals surface area (Å²) in [6.07, 6.45) is 3.46. The molecular formula is C24H26N2O5. The summed E-state index contributed by atoms with van der Waals surface area (Å²) < 4.78 is 11.5. The number of ether oxygens (including phenoxy) is 2. The number of amides is 2. The van der Waals surface area contributed by atoms with Crippen LogP contribution in [0, 0.1) is 5.92 Å². The molecule has 7 heteroatoms. The molecule has 31 heavy (non-hydrogen) atoms. The van der Waals surface area contributed by atoms with Crippen LogP contribution in [-0.2, 0) is 10.2 Å². The number of carbonyl (C=O) groups is 2. The van der Waals surface area contributed by atoms with Crippen LogP contribution in [0.5, 0.6) is 17.2 Å². The summed E-state index contributed by atoms with van der Waals surface area (Å²) in [7, 11) is 1.61. The molecule has 0 radical (unpaired) electrons. The summed E-state index contributed by atoms with van der Waals surface area (Å²) in [5, 5.41) is 12.7. The summed E-state index contributed by atoms with van der Waals surface area (Å²) in [5.41, 5.74) is 1.46. The first kappa shape index (κ1) is 19.7. The highest BCUT2D eigenvalue weighted by Gasteiger charge is 2.49. The van der Waals surface area contributed by atoms with Crippen LogP contribution >= 0.6 is 0 Å². The smallest absolute Gasteiger partial charge is 0.253 e. The molecule has 1 saturated heterocycles. The number of carbonyl (C=O) groups excluding carboxylic acids is 2. The van der Waals surface area contributed by atoms with E-state index >= 15 is 0 Å². The molecule has 1 aliphatic carbocycles. The maximum atomic E-state index is 13.1. The van der Waals surface area contributed by atoms with Crippen LogP contribution in [-0.4, -0.2) is 48.6 Å². The van der Waals surface area contributed by atoms with E-state index in [-0.39, 0.29) is 17.6 Å². The van der Waals surface area contributed by atoms with E-state index in [1.54, 1.807) is 24.1 Å². The average molecular weight is 422 g/mol. The van der Waals surface area contributed by atoms with Gasteiger partial charge in [-0.05, 0) is 61.4 Å². The second-order valence-corrected chi connectivity index (χ2v) is 8.68. The molecule has 5 rings (SSSR count). The van der Waals surface area contributed by atoms with E-state index in [2.05, 4.69) is 5.32 Å². The van der Waals surface area contributed by atoms with Crippen molar-refractivity contribution in [2.75, 3.05) is 32.1 Å². The second-order valence-electron chi connectivity index (χ2n) is 8.68. The van der Waals surface area contributed by atoms with E-state index < -0.39 is 5.41 Å². The lowest BCUT2D eigenvalue weighted by atomic mass is 9.73. The van der Waals surface area contributed by atoms with Gasteiger partial charge >= 0.3 is 0 Å². The summed E-state index contributed by atoms with van der Waals surface area (Å²) in [4.78, 5) is 27.6. The van der Waals surface area contributed by atoms with Crippen molar-refractivity contribution in [1.29, 1.82) is 0 Å². The first-order valence-electron chi connectivity index (χ1n) is 10.8. The van der Waals surface area contributed by atoms with Crippen LogP contribution in [0.3, 0.4) is 0 Å². The van der Waals surface area contributed by atoms with Crippen molar-refractivity contribution >= 4 is 17.5 Å². The quantitative estimate of drug-likeness (QED) is 0.772. The molecule has 2 fully saturated rings. The van der Waals surface area contributed by atoms with Crippen molar-refractivity contribution in [2.24, 2.45) is 5.92 Å². The molecule has 0 unspecified atom stereocenters. The highest BCUT2D eigenvalue weighted by Crippen LogP contribution is 2.49. The monoisotopic (exact) mass is 422 g/mol. The normalized spacial score (nSPS) is 19.1. The number of benzene rings is 2. The van der Waals surface area contributed by atoms with E-state index in [0.29, 0.717) is 55.5 Å². The largest absolute Gasteiger partial charge is 0.508 e. The van der Waals surface area contributed by atoms with Crippen molar-refractivity contribution in [2.45, 2.75) is 31.1 Å². The number of nitrogens with one attached hydrogen (secondary N) is 1. The predicted molar refractivity (Wildman–Crippen MR) is 115 cm³/mol. The molecule has 2 aromatic rings. The van der Waals surface area contributed by atoms with Crippen molar-refractivity contribution in [1.82, 2.24) is 4.90 Å². The lowest BCUT2D eigenvalue weighted by Gasteiger charge is -2.38. The Kier molecular flexibility index (Phi) is 4.76. The molecule has 162 valence electrons. The first-order valence-corrected chi connectivity index (χ1v) is 10.8. The molecule has 0 aromatic heterocycles. The fourth-order valence-corrected chi connectivity index (χ4v) is 4.60. The van der Waals surface area contributed by atoms with Gasteiger partial charge in [0.1, 0.15) is 5.75 Å². The zero-order valence-corrected chi connectivity index (χ0v) is 17.5. The Labute approximate surface area is 181 Å². The Morgan fingerprint density at radius 2 is 1.97 bits per heavy atom. The number of fused-ring (bicyclic) bond motifs is 2. The summed E-state index contributed by atoms with van der Waals surface area (Å²) in [5.74, 6) is 1.80. The third kappa shape index (κ3) is 3.48. The third-order valence-electron chi connectivity index (χ3n) is 6.67. The van der Waals surface area contributed by atoms with Gasteiger partial charge in [-0.2, -0.15) is 0 Å². The Bertz CT molecular complexity index is 1040. The number of phenols is 1. The van der Waals surface area contributed by atoms with Gasteiger partial charge in [0.15, 0.2) is 11.5 Å². The lowest BCUT2D eigenvalue weighted by molar-refractivity contribution is -0.122. The SMILES string of the molecule is COc1cc2c(cc1OCC1CC1)NC(=O)C21CCN(C(=O)c2cccc(O)c2)CC1. The molecule has 2 aromatic carbocycles. The van der Waals surface area contributed by atoms with Gasteiger partial charge in [-0.15, -0.1) is 0 Å². The van der Waals surface area contributed by atoms with Gasteiger partial charge in [-0.3, -0.25) is 9.59 Å². The van der Waals surface area contributed by atoms with Crippen LogP contribution in [0.1, 0.15) is 41.6 Å². The van der Waals surface area contributed by atoms with Crippen LogP contribution in [0.4, 0.5) is 5.69 Å². The first-order chi connectivity index (χ1) is 15.0. The molecule has 2 heterocycles. The van der Waals surface area contributed by atoms with Gasteiger partial charge in [-0.25, -0.2) is 0 Å². The Balaban J connectivity index is 1.36. The number of rotatable bonds is 5. The molecule has 1 saturated carbocycles. The van der Waals surface area contributed by atoms with Crippen molar-refractivity contribution in [3.05, 3.63) is 47.5 Å². The van der Waals surface area contributed by atoms with Gasteiger partial charge in [0, 0.05) is 30.4 Å². The van der Waals surface area contributed by atoms with Gasteiger partial charge in [0.05, 0.1) is 19.1 Å². The number of likely N-dealkylation sites (tertiary alicyclic amines) is 1. The van der Waals surface area contributed by atoms with E-state index in [0.717, 1.165) is 11.3 Å². The number of hydrogen-bond acceptors (Lipinski definition) is 5. The summed E-state index contributed by atoms with van der Waals surface area (Å²) in [6.45, 7) is 1.59. The van der Waals surface area contributed by atoms with Crippen molar-refractivity contribution in [3.63, 3.8) is 0 Å². The minimum Gasteiger partial charge on any atom is -0.508 e. The number of nitrogens with zero attached hydrogens (tertiary/aromatic N) is 1. The Morgan fingerprint density at radius 1 is 1.19 bits per heavy atom. The third-order valence-corrected chi connectivity index (χ3v) is 6.67. The minimum atomic E-state index is -0.673. The number of piperidine rings is 1. The number of phenolic OH excluding ortho intramolecular Hbond substituents is 1. The summed E-state index contributed by atoms with van der Waals surface area (Å²) >= 11 is 0. The average Bonchev–Trinajstić information content (AvgIpc) is 3.58. The topological polar surface area (TPSA) is 88.1 Å². The standard InChI is InChI=1S/C24H26N2O5/c1-30-20-12-18-19(13-21(20)31-14-15-5-6-15)25-23(29)24(18)7-9-26(10-8-24)22(28)16-3-2-4-17(27)11-16/h2-4,11-13,15,27H,5-10,14H2,1H3,(H,25,29). The fourth-order valence-electron chi connectivity index (χ4n) is 4.60. The van der Waals surface area contributed by atoms with Crippen LogP contribution in [0.25, 0.3) is 0 Å². The molecule has 7 nitrogen and oxygen atoms in total. The predicted octanol–water partition coefficient (Wildman–Crippen LogP) is 3.32. The second kappa shape index (κ2) is 7.48. The van der Waals surface area contributed by atoms with Crippen LogP contribution in [0.15, 0.2) is 36.4 Å². The van der Waals surface area contributed by atoms with E-state index in [9.17, 15) is 14.7 Å². The molecule has 2 N–H and O–H groups in total. The Morgan fingerprint density at radius 3 is 2.65 bits per heavy atom. The van der Waals surface area contributed by atoms with E-state index in [4.69, 9.17) is 9.47 Å².